The maximum absolute atomic E-state index is 5.93. The number of halogens is 1. The molecule has 3 heteroatoms. The van der Waals surface area contributed by atoms with E-state index in [0.29, 0.717) is 6.61 Å². The summed E-state index contributed by atoms with van der Waals surface area (Å²) >= 11 is 5.93. The molecule has 2 aromatic carbocycles. The molecule has 0 aromatic heterocycles. The second kappa shape index (κ2) is 8.49. The van der Waals surface area contributed by atoms with Crippen LogP contribution in [0.5, 0.6) is 0 Å². The Morgan fingerprint density at radius 2 is 1.43 bits per heavy atom. The molecule has 0 aliphatic carbocycles. The van der Waals surface area contributed by atoms with Crippen LogP contribution in [0.2, 0.25) is 5.02 Å². The third kappa shape index (κ3) is 5.07. The molecule has 2 aromatic rings. The molecule has 0 bridgehead atoms. The average molecular weight is 330 g/mol. The molecule has 0 amide bonds. The molecule has 122 valence electrons. The van der Waals surface area contributed by atoms with Gasteiger partial charge in [-0.2, -0.15) is 0 Å². The number of rotatable bonds is 6. The topological polar surface area (TPSA) is 12.5 Å². The molecule has 0 atom stereocenters. The van der Waals surface area contributed by atoms with Crippen molar-refractivity contribution in [2.75, 3.05) is 26.2 Å². The molecule has 1 aliphatic heterocycles. The molecule has 1 heterocycles. The largest absolute Gasteiger partial charge is 0.375 e. The van der Waals surface area contributed by atoms with E-state index in [1.807, 2.05) is 24.3 Å². The van der Waals surface area contributed by atoms with Crippen LogP contribution in [0.25, 0.3) is 11.1 Å². The molecule has 1 fully saturated rings. The van der Waals surface area contributed by atoms with E-state index in [1.54, 1.807) is 0 Å². The molecule has 1 aliphatic rings. The van der Waals surface area contributed by atoms with Crippen molar-refractivity contribution in [1.29, 1.82) is 0 Å². The normalized spacial score (nSPS) is 15.7. The number of ether oxygens (including phenoxy) is 1. The Labute approximate surface area is 144 Å². The lowest BCUT2D eigenvalue weighted by Gasteiger charge is -2.26. The van der Waals surface area contributed by atoms with Crippen LogP contribution in [0.3, 0.4) is 0 Å². The van der Waals surface area contributed by atoms with Gasteiger partial charge in [0.25, 0.3) is 0 Å². The summed E-state index contributed by atoms with van der Waals surface area (Å²) in [7, 11) is 0. The Morgan fingerprint density at radius 3 is 2.09 bits per heavy atom. The van der Waals surface area contributed by atoms with Gasteiger partial charge < -0.3 is 9.64 Å². The van der Waals surface area contributed by atoms with E-state index in [2.05, 4.69) is 29.2 Å². The second-order valence-corrected chi connectivity index (χ2v) is 6.60. The van der Waals surface area contributed by atoms with Crippen LogP contribution in [0, 0.1) is 0 Å². The number of nitrogens with zero attached hydrogens (tertiary/aromatic N) is 1. The first kappa shape index (κ1) is 16.5. The highest BCUT2D eigenvalue weighted by Gasteiger charge is 2.09. The zero-order chi connectivity index (χ0) is 15.9. The Hall–Kier alpha value is -1.35. The number of piperidine rings is 1. The predicted octanol–water partition coefficient (Wildman–Crippen LogP) is 5.01. The van der Waals surface area contributed by atoms with Crippen LogP contribution in [0.1, 0.15) is 24.8 Å². The van der Waals surface area contributed by atoms with E-state index in [4.69, 9.17) is 16.3 Å². The first-order valence-corrected chi connectivity index (χ1v) is 8.84. The highest BCUT2D eigenvalue weighted by Crippen LogP contribution is 2.22. The second-order valence-electron chi connectivity index (χ2n) is 6.16. The highest BCUT2D eigenvalue weighted by atomic mass is 35.5. The molecule has 0 N–H and O–H groups in total. The first-order valence-electron chi connectivity index (χ1n) is 8.46. The van der Waals surface area contributed by atoms with E-state index in [0.717, 1.165) is 18.2 Å². The van der Waals surface area contributed by atoms with Crippen molar-refractivity contribution >= 4 is 11.6 Å². The van der Waals surface area contributed by atoms with Gasteiger partial charge in [-0.1, -0.05) is 54.4 Å². The maximum Gasteiger partial charge on any atom is 0.0717 e. The summed E-state index contributed by atoms with van der Waals surface area (Å²) in [5.74, 6) is 0. The van der Waals surface area contributed by atoms with Gasteiger partial charge in [0.15, 0.2) is 0 Å². The molecule has 0 saturated carbocycles. The van der Waals surface area contributed by atoms with Crippen molar-refractivity contribution in [1.82, 2.24) is 4.90 Å². The monoisotopic (exact) mass is 329 g/mol. The van der Waals surface area contributed by atoms with E-state index in [1.165, 1.54) is 49.0 Å². The van der Waals surface area contributed by atoms with Gasteiger partial charge in [0.05, 0.1) is 13.2 Å². The van der Waals surface area contributed by atoms with Crippen molar-refractivity contribution in [3.8, 4) is 11.1 Å². The minimum atomic E-state index is 0.689. The Morgan fingerprint density at radius 1 is 0.826 bits per heavy atom. The number of likely N-dealkylation sites (tertiary alicyclic amines) is 1. The van der Waals surface area contributed by atoms with E-state index < -0.39 is 0 Å². The van der Waals surface area contributed by atoms with Gasteiger partial charge in [-0.05, 0) is 54.8 Å². The molecule has 23 heavy (non-hydrogen) atoms. The van der Waals surface area contributed by atoms with Crippen molar-refractivity contribution < 1.29 is 4.74 Å². The van der Waals surface area contributed by atoms with Gasteiger partial charge in [0.2, 0.25) is 0 Å². The lowest BCUT2D eigenvalue weighted by atomic mass is 10.0. The Balaban J connectivity index is 1.45. The lowest BCUT2D eigenvalue weighted by Crippen LogP contribution is -2.32. The average Bonchev–Trinajstić information content (AvgIpc) is 2.61. The fourth-order valence-electron chi connectivity index (χ4n) is 3.00. The molecule has 2 nitrogen and oxygen atoms in total. The summed E-state index contributed by atoms with van der Waals surface area (Å²) in [6, 6.07) is 16.5. The zero-order valence-electron chi connectivity index (χ0n) is 13.5. The number of benzene rings is 2. The van der Waals surface area contributed by atoms with Crippen LogP contribution >= 0.6 is 11.6 Å². The highest BCUT2D eigenvalue weighted by molar-refractivity contribution is 6.30. The Kier molecular flexibility index (Phi) is 6.09. The standard InChI is InChI=1S/C20H24ClNO/c21-20-10-8-19(9-11-20)18-6-4-17(5-7-18)16-23-15-14-22-12-2-1-3-13-22/h4-11H,1-3,12-16H2. The molecular formula is C20H24ClNO. The third-order valence-electron chi connectivity index (χ3n) is 4.40. The van der Waals surface area contributed by atoms with Gasteiger partial charge in [0.1, 0.15) is 0 Å². The summed E-state index contributed by atoms with van der Waals surface area (Å²) in [6.45, 7) is 5.04. The molecule has 0 spiro atoms. The van der Waals surface area contributed by atoms with Crippen LogP contribution < -0.4 is 0 Å². The van der Waals surface area contributed by atoms with Gasteiger partial charge in [-0.25, -0.2) is 0 Å². The molecular weight excluding hydrogens is 306 g/mol. The van der Waals surface area contributed by atoms with Gasteiger partial charge >= 0.3 is 0 Å². The van der Waals surface area contributed by atoms with E-state index >= 15 is 0 Å². The van der Waals surface area contributed by atoms with Crippen molar-refractivity contribution in [3.63, 3.8) is 0 Å². The third-order valence-corrected chi connectivity index (χ3v) is 4.65. The first-order chi connectivity index (χ1) is 11.3. The van der Waals surface area contributed by atoms with Crippen LogP contribution in [-0.2, 0) is 11.3 Å². The summed E-state index contributed by atoms with van der Waals surface area (Å²) < 4.78 is 5.82. The van der Waals surface area contributed by atoms with Crippen molar-refractivity contribution in [2.45, 2.75) is 25.9 Å². The molecule has 0 radical (unpaired) electrons. The van der Waals surface area contributed by atoms with Crippen molar-refractivity contribution in [2.24, 2.45) is 0 Å². The fourth-order valence-corrected chi connectivity index (χ4v) is 3.13. The Bertz CT molecular complexity index is 588. The van der Waals surface area contributed by atoms with Crippen LogP contribution in [0.4, 0.5) is 0 Å². The smallest absolute Gasteiger partial charge is 0.0717 e. The summed E-state index contributed by atoms with van der Waals surface area (Å²) in [5, 5.41) is 0.771. The van der Waals surface area contributed by atoms with Crippen LogP contribution in [0.15, 0.2) is 48.5 Å². The number of hydrogen-bond acceptors (Lipinski definition) is 2. The molecule has 3 rings (SSSR count). The lowest BCUT2D eigenvalue weighted by molar-refractivity contribution is 0.0863. The van der Waals surface area contributed by atoms with Gasteiger partial charge in [-0.3, -0.25) is 0 Å². The maximum atomic E-state index is 5.93. The summed E-state index contributed by atoms with van der Waals surface area (Å²) in [5.41, 5.74) is 3.62. The quantitative estimate of drug-likeness (QED) is 0.691. The molecule has 0 unspecified atom stereocenters. The van der Waals surface area contributed by atoms with Crippen LogP contribution in [-0.4, -0.2) is 31.1 Å². The molecule has 1 saturated heterocycles. The zero-order valence-corrected chi connectivity index (χ0v) is 14.3. The fraction of sp³-hybridized carbons (Fsp3) is 0.400. The minimum absolute atomic E-state index is 0.689. The predicted molar refractivity (Wildman–Crippen MR) is 96.8 cm³/mol. The van der Waals surface area contributed by atoms with E-state index in [9.17, 15) is 0 Å². The van der Waals surface area contributed by atoms with Crippen molar-refractivity contribution in [3.05, 3.63) is 59.1 Å². The minimum Gasteiger partial charge on any atom is -0.375 e. The van der Waals surface area contributed by atoms with Gasteiger partial charge in [-0.15, -0.1) is 0 Å². The summed E-state index contributed by atoms with van der Waals surface area (Å²) in [4.78, 5) is 2.51. The SMILES string of the molecule is Clc1ccc(-c2ccc(COCCN3CCCCC3)cc2)cc1. The summed E-state index contributed by atoms with van der Waals surface area (Å²) in [6.07, 6.45) is 4.07. The van der Waals surface area contributed by atoms with Gasteiger partial charge in [0, 0.05) is 11.6 Å². The van der Waals surface area contributed by atoms with E-state index in [-0.39, 0.29) is 0 Å². The number of hydrogen-bond donors (Lipinski definition) is 0.